The molecule has 2 aromatic carbocycles. The van der Waals surface area contributed by atoms with Gasteiger partial charge in [0.05, 0.1) is 11.4 Å². The number of anilines is 2. The van der Waals surface area contributed by atoms with Crippen LogP contribution in [0.3, 0.4) is 0 Å². The molecule has 3 aromatic rings. The minimum atomic E-state index is -0.345. The molecule has 1 aliphatic rings. The molecule has 0 spiro atoms. The SMILES string of the molecule is O=C(NCc1cccnc1)c1ccc2c(c1)NC(=O)C(CSCc1cccc(Cl)c1)N2. The smallest absolute Gasteiger partial charge is 0.251 e. The number of nitrogens with zero attached hydrogens (tertiary/aromatic N) is 1. The van der Waals surface area contributed by atoms with Gasteiger partial charge in [0.25, 0.3) is 5.91 Å². The maximum absolute atomic E-state index is 12.5. The average molecular weight is 453 g/mol. The summed E-state index contributed by atoms with van der Waals surface area (Å²) < 4.78 is 0. The molecule has 2 amide bonds. The molecule has 0 fully saturated rings. The number of carbonyl (C=O) groups is 2. The van der Waals surface area contributed by atoms with Crippen molar-refractivity contribution in [2.24, 2.45) is 0 Å². The molecule has 0 saturated carbocycles. The van der Waals surface area contributed by atoms with Gasteiger partial charge >= 0.3 is 0 Å². The number of hydrogen-bond donors (Lipinski definition) is 3. The normalized spacial score (nSPS) is 14.9. The molecule has 4 rings (SSSR count). The van der Waals surface area contributed by atoms with Crippen LogP contribution in [0.5, 0.6) is 0 Å². The second-order valence-electron chi connectivity index (χ2n) is 7.14. The van der Waals surface area contributed by atoms with Crippen LogP contribution in [0.25, 0.3) is 0 Å². The third-order valence-corrected chi connectivity index (χ3v) is 6.15. The van der Waals surface area contributed by atoms with Crippen LogP contribution >= 0.6 is 23.4 Å². The number of benzene rings is 2. The lowest BCUT2D eigenvalue weighted by Crippen LogP contribution is -2.40. The van der Waals surface area contributed by atoms with Crippen LogP contribution in [0.1, 0.15) is 21.5 Å². The van der Waals surface area contributed by atoms with E-state index in [1.165, 1.54) is 0 Å². The van der Waals surface area contributed by atoms with E-state index in [1.54, 1.807) is 36.3 Å². The van der Waals surface area contributed by atoms with E-state index in [1.807, 2.05) is 42.5 Å². The number of rotatable bonds is 7. The Kier molecular flexibility index (Phi) is 6.74. The van der Waals surface area contributed by atoms with Crippen molar-refractivity contribution < 1.29 is 9.59 Å². The summed E-state index contributed by atoms with van der Waals surface area (Å²) in [5.74, 6) is 1.07. The highest BCUT2D eigenvalue weighted by Gasteiger charge is 2.26. The number of pyridine rings is 1. The summed E-state index contributed by atoms with van der Waals surface area (Å²) in [6, 6.07) is 16.3. The summed E-state index contributed by atoms with van der Waals surface area (Å²) in [6.07, 6.45) is 3.40. The average Bonchev–Trinajstić information content (AvgIpc) is 2.78. The third kappa shape index (κ3) is 5.57. The first-order chi connectivity index (χ1) is 15.1. The largest absolute Gasteiger partial charge is 0.371 e. The highest BCUT2D eigenvalue weighted by atomic mass is 35.5. The van der Waals surface area contributed by atoms with E-state index in [2.05, 4.69) is 20.9 Å². The monoisotopic (exact) mass is 452 g/mol. The molecule has 1 aromatic heterocycles. The quantitative estimate of drug-likeness (QED) is 0.497. The summed E-state index contributed by atoms with van der Waals surface area (Å²) in [5.41, 5.74) is 3.93. The minimum Gasteiger partial charge on any atom is -0.371 e. The van der Waals surface area contributed by atoms with E-state index in [4.69, 9.17) is 11.6 Å². The van der Waals surface area contributed by atoms with E-state index >= 15 is 0 Å². The molecular formula is C23H21ClN4O2S. The molecule has 1 aliphatic heterocycles. The van der Waals surface area contributed by atoms with Crippen molar-refractivity contribution in [2.75, 3.05) is 16.4 Å². The van der Waals surface area contributed by atoms with Gasteiger partial charge in [-0.05, 0) is 47.5 Å². The minimum absolute atomic E-state index is 0.112. The van der Waals surface area contributed by atoms with Gasteiger partial charge in [-0.3, -0.25) is 14.6 Å². The molecule has 1 unspecified atom stereocenters. The molecule has 2 heterocycles. The fourth-order valence-corrected chi connectivity index (χ4v) is 4.43. The topological polar surface area (TPSA) is 83.1 Å². The summed E-state index contributed by atoms with van der Waals surface area (Å²) in [7, 11) is 0. The first-order valence-electron chi connectivity index (χ1n) is 9.79. The van der Waals surface area contributed by atoms with Crippen LogP contribution in [0, 0.1) is 0 Å². The van der Waals surface area contributed by atoms with Gasteiger partial charge in [0.15, 0.2) is 0 Å². The highest BCUT2D eigenvalue weighted by Crippen LogP contribution is 2.29. The fraction of sp³-hybridized carbons (Fsp3) is 0.174. The van der Waals surface area contributed by atoms with Gasteiger partial charge in [-0.15, -0.1) is 0 Å². The van der Waals surface area contributed by atoms with E-state index in [9.17, 15) is 9.59 Å². The number of nitrogens with one attached hydrogen (secondary N) is 3. The lowest BCUT2D eigenvalue weighted by Gasteiger charge is -2.27. The lowest BCUT2D eigenvalue weighted by molar-refractivity contribution is -0.116. The van der Waals surface area contributed by atoms with Crippen LogP contribution in [0.2, 0.25) is 5.02 Å². The second-order valence-corrected chi connectivity index (χ2v) is 8.60. The molecule has 8 heteroatoms. The Morgan fingerprint density at radius 2 is 1.97 bits per heavy atom. The lowest BCUT2D eigenvalue weighted by atomic mass is 10.1. The summed E-state index contributed by atoms with van der Waals surface area (Å²) in [5, 5.41) is 9.75. The van der Waals surface area contributed by atoms with Gasteiger partial charge in [-0.1, -0.05) is 29.8 Å². The predicted octanol–water partition coefficient (Wildman–Crippen LogP) is 4.33. The fourth-order valence-electron chi connectivity index (χ4n) is 3.21. The van der Waals surface area contributed by atoms with Gasteiger partial charge in [-0.25, -0.2) is 0 Å². The van der Waals surface area contributed by atoms with Crippen molar-refractivity contribution in [2.45, 2.75) is 18.3 Å². The number of halogens is 1. The van der Waals surface area contributed by atoms with E-state index < -0.39 is 0 Å². The van der Waals surface area contributed by atoms with Crippen LogP contribution in [0.4, 0.5) is 11.4 Å². The van der Waals surface area contributed by atoms with Crippen LogP contribution in [-0.4, -0.2) is 28.6 Å². The standard InChI is InChI=1S/C23H21ClN4O2S/c24-18-5-1-3-15(9-18)13-31-14-21-23(30)28-20-10-17(6-7-19(20)27-21)22(29)26-12-16-4-2-8-25-11-16/h1-11,21,27H,12-14H2,(H,26,29)(H,28,30). The number of hydrogen-bond acceptors (Lipinski definition) is 5. The maximum Gasteiger partial charge on any atom is 0.251 e. The van der Waals surface area contributed by atoms with Crippen molar-refractivity contribution in [3.63, 3.8) is 0 Å². The molecule has 0 radical (unpaired) electrons. The highest BCUT2D eigenvalue weighted by molar-refractivity contribution is 7.98. The molecule has 6 nitrogen and oxygen atoms in total. The molecular weight excluding hydrogens is 432 g/mol. The third-order valence-electron chi connectivity index (χ3n) is 4.80. The molecule has 0 saturated heterocycles. The Balaban J connectivity index is 1.33. The zero-order valence-electron chi connectivity index (χ0n) is 16.6. The number of aromatic nitrogens is 1. The predicted molar refractivity (Wildman–Crippen MR) is 126 cm³/mol. The molecule has 31 heavy (non-hydrogen) atoms. The molecule has 3 N–H and O–H groups in total. The Labute approximate surface area is 189 Å². The van der Waals surface area contributed by atoms with Crippen LogP contribution in [-0.2, 0) is 17.1 Å². The van der Waals surface area contributed by atoms with Gasteiger partial charge in [-0.2, -0.15) is 11.8 Å². The second kappa shape index (κ2) is 9.85. The van der Waals surface area contributed by atoms with Crippen LogP contribution < -0.4 is 16.0 Å². The Bertz CT molecular complexity index is 1090. The van der Waals surface area contributed by atoms with Crippen molar-refractivity contribution >= 4 is 46.6 Å². The zero-order chi connectivity index (χ0) is 21.6. The van der Waals surface area contributed by atoms with Crippen LogP contribution in [0.15, 0.2) is 67.0 Å². The van der Waals surface area contributed by atoms with E-state index in [0.29, 0.717) is 28.6 Å². The zero-order valence-corrected chi connectivity index (χ0v) is 18.2. The molecule has 158 valence electrons. The summed E-state index contributed by atoms with van der Waals surface area (Å²) in [6.45, 7) is 0.389. The molecule has 0 bridgehead atoms. The first kappa shape index (κ1) is 21.2. The number of amides is 2. The first-order valence-corrected chi connectivity index (χ1v) is 11.3. The van der Waals surface area contributed by atoms with Gasteiger partial charge in [0.2, 0.25) is 5.91 Å². The Morgan fingerprint density at radius 3 is 2.77 bits per heavy atom. The van der Waals surface area contributed by atoms with Gasteiger partial charge in [0.1, 0.15) is 6.04 Å². The number of fused-ring (bicyclic) bond motifs is 1. The molecule has 1 atom stereocenters. The van der Waals surface area contributed by atoms with Crippen molar-refractivity contribution in [1.82, 2.24) is 10.3 Å². The van der Waals surface area contributed by atoms with E-state index in [0.717, 1.165) is 22.6 Å². The Morgan fingerprint density at radius 1 is 1.10 bits per heavy atom. The van der Waals surface area contributed by atoms with Gasteiger partial charge < -0.3 is 16.0 Å². The van der Waals surface area contributed by atoms with Crippen molar-refractivity contribution in [3.8, 4) is 0 Å². The van der Waals surface area contributed by atoms with Gasteiger partial charge in [0, 0.05) is 41.0 Å². The summed E-state index contributed by atoms with van der Waals surface area (Å²) in [4.78, 5) is 29.0. The van der Waals surface area contributed by atoms with E-state index in [-0.39, 0.29) is 17.9 Å². The Hall–Kier alpha value is -3.03. The molecule has 0 aliphatic carbocycles. The maximum atomic E-state index is 12.5. The van der Waals surface area contributed by atoms with Crippen molar-refractivity contribution in [1.29, 1.82) is 0 Å². The summed E-state index contributed by atoms with van der Waals surface area (Å²) >= 11 is 7.68. The number of carbonyl (C=O) groups excluding carboxylic acids is 2. The number of thioether (sulfide) groups is 1. The van der Waals surface area contributed by atoms with Crippen molar-refractivity contribution in [3.05, 3.63) is 88.7 Å².